The summed E-state index contributed by atoms with van der Waals surface area (Å²) in [6, 6.07) is 5.53. The maximum absolute atomic E-state index is 11.6. The molecule has 0 unspecified atom stereocenters. The molecule has 0 aliphatic carbocycles. The van der Waals surface area contributed by atoms with Crippen molar-refractivity contribution in [1.29, 1.82) is 0 Å². The average Bonchev–Trinajstić information content (AvgIpc) is 3.13. The van der Waals surface area contributed by atoms with Crippen molar-refractivity contribution in [3.63, 3.8) is 0 Å². The number of nitrogens with zero attached hydrogens (tertiary/aromatic N) is 2. The number of aliphatic carboxylic acids is 1. The molecule has 0 aliphatic rings. The van der Waals surface area contributed by atoms with Crippen LogP contribution >= 0.6 is 0 Å². The van der Waals surface area contributed by atoms with Crippen LogP contribution in [0.1, 0.15) is 12.1 Å². The predicted molar refractivity (Wildman–Crippen MR) is 93.8 cm³/mol. The van der Waals surface area contributed by atoms with Crippen molar-refractivity contribution in [3.05, 3.63) is 34.4 Å². The zero-order valence-electron chi connectivity index (χ0n) is 14.1. The number of hydrogen-bond donors (Lipinski definition) is 5. The van der Waals surface area contributed by atoms with Crippen LogP contribution in [0.4, 0.5) is 5.95 Å². The second-order valence-corrected chi connectivity index (χ2v) is 5.71. The SMILES string of the molecule is COc1ccc2nc(NCCCc3[nH]c(=O)n(CC(=O)O)c3O)[nH]c2c1. The highest BCUT2D eigenvalue weighted by atomic mass is 16.5. The summed E-state index contributed by atoms with van der Waals surface area (Å²) in [4.78, 5) is 32.4. The number of rotatable bonds is 8. The summed E-state index contributed by atoms with van der Waals surface area (Å²) in [5, 5.41) is 21.8. The minimum absolute atomic E-state index is 0.312. The van der Waals surface area contributed by atoms with Crippen LogP contribution in [0.5, 0.6) is 11.6 Å². The molecule has 26 heavy (non-hydrogen) atoms. The Morgan fingerprint density at radius 1 is 1.38 bits per heavy atom. The van der Waals surface area contributed by atoms with E-state index < -0.39 is 18.2 Å². The number of carboxylic acid groups (broad SMARTS) is 1. The second kappa shape index (κ2) is 7.21. The van der Waals surface area contributed by atoms with Crippen LogP contribution in [-0.4, -0.2) is 49.4 Å². The Hall–Kier alpha value is -3.43. The molecule has 0 saturated carbocycles. The molecule has 0 fully saturated rings. The Bertz CT molecular complexity index is 987. The van der Waals surface area contributed by atoms with Gasteiger partial charge < -0.3 is 30.2 Å². The predicted octanol–water partition coefficient (Wildman–Crippen LogP) is 0.896. The molecule has 0 aliphatic heterocycles. The largest absolute Gasteiger partial charge is 0.497 e. The standard InChI is InChI=1S/C16H19N5O5/c1-26-9-4-5-10-12(7-9)19-15(18-10)17-6-2-3-11-14(24)21(8-13(22)23)16(25)20-11/h4-5,7,24H,2-3,6,8H2,1H3,(H,20,25)(H,22,23)(H2,17,18,19). The number of imidazole rings is 2. The molecule has 2 aromatic heterocycles. The first-order chi connectivity index (χ1) is 12.5. The van der Waals surface area contributed by atoms with E-state index in [0.29, 0.717) is 31.0 Å². The molecule has 10 heteroatoms. The van der Waals surface area contributed by atoms with Crippen LogP contribution in [0, 0.1) is 0 Å². The lowest BCUT2D eigenvalue weighted by atomic mass is 10.2. The second-order valence-electron chi connectivity index (χ2n) is 5.71. The zero-order chi connectivity index (χ0) is 18.7. The molecule has 0 spiro atoms. The number of fused-ring (bicyclic) bond motifs is 1. The maximum Gasteiger partial charge on any atom is 0.329 e. The van der Waals surface area contributed by atoms with Crippen molar-refractivity contribution < 1.29 is 19.7 Å². The van der Waals surface area contributed by atoms with Gasteiger partial charge in [0, 0.05) is 12.6 Å². The number of aryl methyl sites for hydroxylation is 1. The summed E-state index contributed by atoms with van der Waals surface area (Å²) < 4.78 is 5.96. The third kappa shape index (κ3) is 3.63. The number of hydrogen-bond acceptors (Lipinski definition) is 6. The van der Waals surface area contributed by atoms with Crippen LogP contribution in [0.3, 0.4) is 0 Å². The van der Waals surface area contributed by atoms with Crippen LogP contribution < -0.4 is 15.7 Å². The number of carbonyl (C=O) groups is 1. The highest BCUT2D eigenvalue weighted by molar-refractivity contribution is 5.79. The van der Waals surface area contributed by atoms with Gasteiger partial charge in [-0.25, -0.2) is 9.78 Å². The number of H-pyrrole nitrogens is 2. The number of aromatic hydroxyl groups is 1. The molecule has 0 radical (unpaired) electrons. The van der Waals surface area contributed by atoms with Gasteiger partial charge in [-0.3, -0.25) is 9.36 Å². The molecule has 2 heterocycles. The number of benzene rings is 1. The van der Waals surface area contributed by atoms with E-state index in [0.717, 1.165) is 21.4 Å². The van der Waals surface area contributed by atoms with E-state index in [2.05, 4.69) is 20.3 Å². The van der Waals surface area contributed by atoms with Crippen LogP contribution in [-0.2, 0) is 17.8 Å². The van der Waals surface area contributed by atoms with Gasteiger partial charge in [0.1, 0.15) is 12.3 Å². The third-order valence-electron chi connectivity index (χ3n) is 3.91. The number of aromatic nitrogens is 4. The van der Waals surface area contributed by atoms with Crippen molar-refractivity contribution in [1.82, 2.24) is 19.5 Å². The van der Waals surface area contributed by atoms with Crippen molar-refractivity contribution in [2.75, 3.05) is 19.0 Å². The van der Waals surface area contributed by atoms with E-state index in [9.17, 15) is 14.7 Å². The quantitative estimate of drug-likeness (QED) is 0.375. The summed E-state index contributed by atoms with van der Waals surface area (Å²) in [5.41, 5.74) is 1.33. The summed E-state index contributed by atoms with van der Waals surface area (Å²) in [6.45, 7) is -0.0373. The highest BCUT2D eigenvalue weighted by Gasteiger charge is 2.14. The minimum atomic E-state index is -1.20. The smallest absolute Gasteiger partial charge is 0.329 e. The lowest BCUT2D eigenvalue weighted by Gasteiger charge is -2.03. The van der Waals surface area contributed by atoms with Gasteiger partial charge in [-0.05, 0) is 25.0 Å². The summed E-state index contributed by atoms with van der Waals surface area (Å²) in [7, 11) is 1.60. The normalized spacial score (nSPS) is 11.0. The molecular formula is C16H19N5O5. The van der Waals surface area contributed by atoms with Gasteiger partial charge in [0.15, 0.2) is 0 Å². The molecular weight excluding hydrogens is 342 g/mol. The number of nitrogens with one attached hydrogen (secondary N) is 3. The topological polar surface area (TPSA) is 145 Å². The maximum atomic E-state index is 11.6. The summed E-state index contributed by atoms with van der Waals surface area (Å²) >= 11 is 0. The van der Waals surface area contributed by atoms with Gasteiger partial charge in [0.2, 0.25) is 11.8 Å². The fourth-order valence-corrected chi connectivity index (χ4v) is 2.64. The lowest BCUT2D eigenvalue weighted by Crippen LogP contribution is -2.21. The fraction of sp³-hybridized carbons (Fsp3) is 0.312. The minimum Gasteiger partial charge on any atom is -0.497 e. The van der Waals surface area contributed by atoms with Gasteiger partial charge >= 0.3 is 11.7 Å². The number of aromatic amines is 2. The summed E-state index contributed by atoms with van der Waals surface area (Å²) in [5.74, 6) is -0.197. The molecule has 138 valence electrons. The zero-order valence-corrected chi connectivity index (χ0v) is 14.1. The van der Waals surface area contributed by atoms with E-state index in [-0.39, 0.29) is 5.88 Å². The highest BCUT2D eigenvalue weighted by Crippen LogP contribution is 2.20. The van der Waals surface area contributed by atoms with Crippen molar-refractivity contribution >= 4 is 23.0 Å². The monoisotopic (exact) mass is 361 g/mol. The van der Waals surface area contributed by atoms with E-state index in [1.165, 1.54) is 0 Å². The van der Waals surface area contributed by atoms with Crippen LogP contribution in [0.15, 0.2) is 23.0 Å². The van der Waals surface area contributed by atoms with Gasteiger partial charge in [-0.15, -0.1) is 0 Å². The van der Waals surface area contributed by atoms with Gasteiger partial charge in [0.05, 0.1) is 23.8 Å². The summed E-state index contributed by atoms with van der Waals surface area (Å²) in [6.07, 6.45) is 0.982. The van der Waals surface area contributed by atoms with Crippen LogP contribution in [0.2, 0.25) is 0 Å². The van der Waals surface area contributed by atoms with Crippen molar-refractivity contribution in [3.8, 4) is 11.6 Å². The third-order valence-corrected chi connectivity index (χ3v) is 3.91. The van der Waals surface area contributed by atoms with E-state index >= 15 is 0 Å². The molecule has 3 aromatic rings. The Balaban J connectivity index is 1.57. The molecule has 5 N–H and O–H groups in total. The first-order valence-electron chi connectivity index (χ1n) is 7.98. The van der Waals surface area contributed by atoms with Crippen LogP contribution in [0.25, 0.3) is 11.0 Å². The Morgan fingerprint density at radius 2 is 2.19 bits per heavy atom. The number of carboxylic acids is 1. The van der Waals surface area contributed by atoms with E-state index in [1.807, 2.05) is 18.2 Å². The first kappa shape index (κ1) is 17.4. The Labute approximate surface area is 147 Å². The number of ether oxygens (including phenoxy) is 1. The molecule has 3 rings (SSSR count). The number of methoxy groups -OCH3 is 1. The molecule has 0 amide bonds. The van der Waals surface area contributed by atoms with E-state index in [4.69, 9.17) is 9.84 Å². The van der Waals surface area contributed by atoms with Crippen molar-refractivity contribution in [2.24, 2.45) is 0 Å². The number of anilines is 1. The molecule has 0 bridgehead atoms. The average molecular weight is 361 g/mol. The fourth-order valence-electron chi connectivity index (χ4n) is 2.64. The molecule has 10 nitrogen and oxygen atoms in total. The molecule has 0 saturated heterocycles. The van der Waals surface area contributed by atoms with Gasteiger partial charge in [-0.1, -0.05) is 0 Å². The Kier molecular flexibility index (Phi) is 4.83. The van der Waals surface area contributed by atoms with Gasteiger partial charge in [-0.2, -0.15) is 0 Å². The lowest BCUT2D eigenvalue weighted by molar-refractivity contribution is -0.137. The van der Waals surface area contributed by atoms with Gasteiger partial charge in [0.25, 0.3) is 0 Å². The van der Waals surface area contributed by atoms with E-state index in [1.54, 1.807) is 7.11 Å². The molecule has 0 atom stereocenters. The Morgan fingerprint density at radius 3 is 2.92 bits per heavy atom. The molecule has 1 aromatic carbocycles. The van der Waals surface area contributed by atoms with Crippen molar-refractivity contribution in [2.45, 2.75) is 19.4 Å². The first-order valence-corrected chi connectivity index (χ1v) is 7.98.